The topological polar surface area (TPSA) is 63.4 Å². The van der Waals surface area contributed by atoms with Gasteiger partial charge in [0.15, 0.2) is 0 Å². The molecule has 0 amide bonds. The van der Waals surface area contributed by atoms with E-state index in [-0.39, 0.29) is 10.9 Å². The van der Waals surface area contributed by atoms with Crippen LogP contribution < -0.4 is 5.73 Å². The third-order valence-electron chi connectivity index (χ3n) is 2.85. The number of hydrogen-bond acceptors (Lipinski definition) is 3. The highest BCUT2D eigenvalue weighted by Crippen LogP contribution is 2.20. The zero-order chi connectivity index (χ0) is 12.5. The van der Waals surface area contributed by atoms with E-state index in [1.54, 1.807) is 0 Å². The van der Waals surface area contributed by atoms with Crippen LogP contribution in [0, 0.1) is 5.82 Å². The van der Waals surface area contributed by atoms with E-state index in [0.717, 1.165) is 18.9 Å². The smallest absolute Gasteiger partial charge is 0.243 e. The van der Waals surface area contributed by atoms with Crippen LogP contribution in [-0.2, 0) is 10.0 Å². The molecule has 1 aliphatic rings. The van der Waals surface area contributed by atoms with E-state index in [2.05, 4.69) is 0 Å². The predicted octanol–water partition coefficient (Wildman–Crippen LogP) is 0.937. The van der Waals surface area contributed by atoms with Crippen LogP contribution in [0.1, 0.15) is 12.8 Å². The summed E-state index contributed by atoms with van der Waals surface area (Å²) in [6, 6.07) is 4.92. The average molecular weight is 258 g/mol. The fourth-order valence-corrected chi connectivity index (χ4v) is 3.54. The summed E-state index contributed by atoms with van der Waals surface area (Å²) >= 11 is 0. The normalized spacial score (nSPS) is 22.6. The van der Waals surface area contributed by atoms with Crippen LogP contribution in [0.2, 0.25) is 0 Å². The van der Waals surface area contributed by atoms with Gasteiger partial charge in [-0.1, -0.05) is 6.07 Å². The second-order valence-electron chi connectivity index (χ2n) is 4.22. The van der Waals surface area contributed by atoms with Crippen molar-refractivity contribution in [3.63, 3.8) is 0 Å². The molecule has 0 aliphatic carbocycles. The fourth-order valence-electron chi connectivity index (χ4n) is 1.97. The van der Waals surface area contributed by atoms with E-state index in [9.17, 15) is 12.8 Å². The molecule has 1 saturated heterocycles. The highest BCUT2D eigenvalue weighted by Gasteiger charge is 2.28. The van der Waals surface area contributed by atoms with Crippen LogP contribution in [0.15, 0.2) is 29.2 Å². The summed E-state index contributed by atoms with van der Waals surface area (Å²) in [6.07, 6.45) is 1.57. The van der Waals surface area contributed by atoms with E-state index in [4.69, 9.17) is 5.73 Å². The van der Waals surface area contributed by atoms with Crippen molar-refractivity contribution in [2.45, 2.75) is 23.8 Å². The second kappa shape index (κ2) is 4.72. The summed E-state index contributed by atoms with van der Waals surface area (Å²) in [5.74, 6) is -0.549. The molecule has 1 aromatic rings. The molecule has 2 rings (SSSR count). The first-order chi connectivity index (χ1) is 8.00. The molecule has 0 bridgehead atoms. The third-order valence-corrected chi connectivity index (χ3v) is 4.72. The molecule has 17 heavy (non-hydrogen) atoms. The second-order valence-corrected chi connectivity index (χ2v) is 6.16. The molecule has 1 aromatic carbocycles. The SMILES string of the molecule is N[C@H]1CCCN(S(=O)(=O)c2cccc(F)c2)C1. The Bertz CT molecular complexity index is 504. The number of nitrogens with two attached hydrogens (primary N) is 1. The molecule has 1 heterocycles. The molecular weight excluding hydrogens is 243 g/mol. The predicted molar refractivity (Wildman–Crippen MR) is 62.4 cm³/mol. The van der Waals surface area contributed by atoms with Crippen molar-refractivity contribution in [3.05, 3.63) is 30.1 Å². The van der Waals surface area contributed by atoms with Gasteiger partial charge in [-0.3, -0.25) is 0 Å². The van der Waals surface area contributed by atoms with Gasteiger partial charge in [-0.2, -0.15) is 4.31 Å². The number of piperidine rings is 1. The number of rotatable bonds is 2. The number of nitrogens with zero attached hydrogens (tertiary/aromatic N) is 1. The summed E-state index contributed by atoms with van der Waals surface area (Å²) in [7, 11) is -3.60. The van der Waals surface area contributed by atoms with Gasteiger partial charge in [0.25, 0.3) is 0 Å². The molecule has 1 atom stereocenters. The summed E-state index contributed by atoms with van der Waals surface area (Å²) in [4.78, 5) is -0.00778. The van der Waals surface area contributed by atoms with Gasteiger partial charge in [0.1, 0.15) is 5.82 Å². The van der Waals surface area contributed by atoms with Crippen molar-refractivity contribution in [3.8, 4) is 0 Å². The maximum absolute atomic E-state index is 13.0. The van der Waals surface area contributed by atoms with Crippen LogP contribution in [0.4, 0.5) is 4.39 Å². The summed E-state index contributed by atoms with van der Waals surface area (Å²) < 4.78 is 38.7. The van der Waals surface area contributed by atoms with Crippen molar-refractivity contribution in [2.24, 2.45) is 5.73 Å². The minimum atomic E-state index is -3.60. The molecule has 4 nitrogen and oxygen atoms in total. The summed E-state index contributed by atoms with van der Waals surface area (Å²) in [5.41, 5.74) is 5.75. The van der Waals surface area contributed by atoms with Crippen LogP contribution in [0.25, 0.3) is 0 Å². The standard InChI is InChI=1S/C11H15FN2O2S/c12-9-3-1-5-11(7-9)17(15,16)14-6-2-4-10(13)8-14/h1,3,5,7,10H,2,4,6,8,13H2/t10-/m0/s1. The Morgan fingerprint density at radius 1 is 1.41 bits per heavy atom. The van der Waals surface area contributed by atoms with Gasteiger partial charge in [-0.15, -0.1) is 0 Å². The first-order valence-corrected chi connectivity index (χ1v) is 6.95. The monoisotopic (exact) mass is 258 g/mol. The highest BCUT2D eigenvalue weighted by atomic mass is 32.2. The quantitative estimate of drug-likeness (QED) is 0.858. The largest absolute Gasteiger partial charge is 0.327 e. The third kappa shape index (κ3) is 2.65. The average Bonchev–Trinajstić information content (AvgIpc) is 2.29. The molecule has 1 aliphatic heterocycles. The highest BCUT2D eigenvalue weighted by molar-refractivity contribution is 7.89. The molecule has 0 aromatic heterocycles. The van der Waals surface area contributed by atoms with Gasteiger partial charge >= 0.3 is 0 Å². The van der Waals surface area contributed by atoms with Gasteiger partial charge in [0.2, 0.25) is 10.0 Å². The van der Waals surface area contributed by atoms with Gasteiger partial charge in [-0.05, 0) is 31.0 Å². The first kappa shape index (κ1) is 12.5. The molecule has 0 saturated carbocycles. The number of hydrogen-bond donors (Lipinski definition) is 1. The van der Waals surface area contributed by atoms with E-state index < -0.39 is 15.8 Å². The van der Waals surface area contributed by atoms with Crippen molar-refractivity contribution in [2.75, 3.05) is 13.1 Å². The molecule has 1 fully saturated rings. The Morgan fingerprint density at radius 3 is 2.82 bits per heavy atom. The van der Waals surface area contributed by atoms with Crippen LogP contribution in [0.5, 0.6) is 0 Å². The summed E-state index contributed by atoms with van der Waals surface area (Å²) in [6.45, 7) is 0.755. The molecule has 0 unspecified atom stereocenters. The number of benzene rings is 1. The Kier molecular flexibility index (Phi) is 3.46. The van der Waals surface area contributed by atoms with E-state index in [1.165, 1.54) is 22.5 Å². The van der Waals surface area contributed by atoms with Crippen molar-refractivity contribution in [1.29, 1.82) is 0 Å². The maximum Gasteiger partial charge on any atom is 0.243 e. The van der Waals surface area contributed by atoms with Gasteiger partial charge in [-0.25, -0.2) is 12.8 Å². The van der Waals surface area contributed by atoms with E-state index in [0.29, 0.717) is 13.1 Å². The van der Waals surface area contributed by atoms with Crippen LogP contribution in [-0.4, -0.2) is 31.9 Å². The lowest BCUT2D eigenvalue weighted by molar-refractivity contribution is 0.316. The zero-order valence-corrected chi connectivity index (χ0v) is 10.2. The summed E-state index contributed by atoms with van der Waals surface area (Å²) in [5, 5.41) is 0. The molecule has 0 radical (unpaired) electrons. The zero-order valence-electron chi connectivity index (χ0n) is 9.34. The Morgan fingerprint density at radius 2 is 2.18 bits per heavy atom. The van der Waals surface area contributed by atoms with E-state index in [1.807, 2.05) is 0 Å². The fraction of sp³-hybridized carbons (Fsp3) is 0.455. The van der Waals surface area contributed by atoms with Gasteiger partial charge < -0.3 is 5.73 Å². The minimum absolute atomic E-state index is 0.00778. The number of halogens is 1. The first-order valence-electron chi connectivity index (χ1n) is 5.51. The van der Waals surface area contributed by atoms with Gasteiger partial charge in [0.05, 0.1) is 4.90 Å². The maximum atomic E-state index is 13.0. The van der Waals surface area contributed by atoms with Crippen LogP contribution in [0.3, 0.4) is 0 Å². The Labute approximate surface area is 100 Å². The van der Waals surface area contributed by atoms with Gasteiger partial charge in [0, 0.05) is 19.1 Å². The van der Waals surface area contributed by atoms with Crippen molar-refractivity contribution >= 4 is 10.0 Å². The minimum Gasteiger partial charge on any atom is -0.327 e. The molecule has 94 valence electrons. The van der Waals surface area contributed by atoms with E-state index >= 15 is 0 Å². The lowest BCUT2D eigenvalue weighted by Crippen LogP contribution is -2.45. The molecule has 0 spiro atoms. The Balaban J connectivity index is 2.29. The Hall–Kier alpha value is -0.980. The molecular formula is C11H15FN2O2S. The lowest BCUT2D eigenvalue weighted by atomic mass is 10.1. The van der Waals surface area contributed by atoms with Crippen molar-refractivity contribution in [1.82, 2.24) is 4.31 Å². The van der Waals surface area contributed by atoms with Crippen LogP contribution >= 0.6 is 0 Å². The molecule has 6 heteroatoms. The molecule has 2 N–H and O–H groups in total. The lowest BCUT2D eigenvalue weighted by Gasteiger charge is -2.29. The van der Waals surface area contributed by atoms with Crippen molar-refractivity contribution < 1.29 is 12.8 Å². The number of sulfonamides is 1.